The zero-order valence-electron chi connectivity index (χ0n) is 20.1. The number of halogens is 1. The van der Waals surface area contributed by atoms with Gasteiger partial charge >= 0.3 is 23.6 Å². The number of hydrogen-bond acceptors (Lipinski definition) is 12. The van der Waals surface area contributed by atoms with Crippen molar-refractivity contribution in [2.24, 2.45) is 0 Å². The summed E-state index contributed by atoms with van der Waals surface area (Å²) in [5, 5.41) is 3.29. The van der Waals surface area contributed by atoms with Gasteiger partial charge in [0.15, 0.2) is 30.9 Å². The third-order valence-corrected chi connectivity index (χ3v) is 6.26. The third-order valence-electron chi connectivity index (χ3n) is 5.58. The van der Waals surface area contributed by atoms with Crippen LogP contribution in [0.2, 0.25) is 0 Å². The van der Waals surface area contributed by atoms with Crippen LogP contribution in [0.1, 0.15) is 43.1 Å². The zero-order chi connectivity index (χ0) is 26.9. The van der Waals surface area contributed by atoms with Crippen LogP contribution in [0.5, 0.6) is 0 Å². The molecule has 0 aromatic carbocycles. The molecule has 0 amide bonds. The van der Waals surface area contributed by atoms with E-state index in [2.05, 4.69) is 9.97 Å². The van der Waals surface area contributed by atoms with Crippen LogP contribution in [0.3, 0.4) is 0 Å². The van der Waals surface area contributed by atoms with E-state index in [1.165, 1.54) is 11.3 Å². The van der Waals surface area contributed by atoms with E-state index >= 15 is 4.39 Å². The summed E-state index contributed by atoms with van der Waals surface area (Å²) in [7, 11) is 0. The van der Waals surface area contributed by atoms with Crippen molar-refractivity contribution in [1.82, 2.24) is 19.1 Å². The second-order valence-electron chi connectivity index (χ2n) is 8.09. The van der Waals surface area contributed by atoms with Gasteiger partial charge in [-0.15, -0.1) is 0 Å². The highest BCUT2D eigenvalue weighted by Gasteiger charge is 2.50. The number of hydrogen-bond donors (Lipinski definition) is 1. The lowest BCUT2D eigenvalue weighted by molar-refractivity contribution is -0.154. The van der Waals surface area contributed by atoms with E-state index in [0.29, 0.717) is 17.7 Å². The second kappa shape index (κ2) is 10.6. The average molecular weight is 538 g/mol. The van der Waals surface area contributed by atoms with Gasteiger partial charge in [-0.3, -0.25) is 14.2 Å². The first kappa shape index (κ1) is 26.2. The number of nitrogens with two attached hydrogens (primary N) is 1. The summed E-state index contributed by atoms with van der Waals surface area (Å²) in [6.07, 6.45) is -6.04. The summed E-state index contributed by atoms with van der Waals surface area (Å²) in [6, 6.07) is 1.57. The fourth-order valence-electron chi connectivity index (χ4n) is 4.00. The maximum atomic E-state index is 15.3. The number of thiophene rings is 1. The van der Waals surface area contributed by atoms with Crippen molar-refractivity contribution < 1.29 is 37.7 Å². The van der Waals surface area contributed by atoms with Gasteiger partial charge < -0.3 is 24.7 Å². The van der Waals surface area contributed by atoms with Crippen LogP contribution < -0.4 is 11.4 Å². The molecule has 0 aliphatic carbocycles. The van der Waals surface area contributed by atoms with Gasteiger partial charge in [-0.25, -0.2) is 23.5 Å². The van der Waals surface area contributed by atoms with Crippen LogP contribution in [0.4, 0.5) is 10.3 Å². The Morgan fingerprint density at radius 3 is 2.59 bits per heavy atom. The molecule has 2 N–H and O–H groups in total. The van der Waals surface area contributed by atoms with Crippen molar-refractivity contribution in [3.63, 3.8) is 0 Å². The number of aromatic nitrogens is 4. The third kappa shape index (κ3) is 5.17. The standard InChI is InChI=1S/C22H24FN5O8S/c1-4-13-16-18(26-21(24)25-13)28(22(32)27(16)9-34-20(31)12-5-6-37-8-12)19-17(35-11(3)30)15(23)14(36-19)7-33-10(2)29/h5-6,8,14-15,17,19H,4,7,9H2,1-3H3,(H2,24,25,26)/t14-,15-,17-,19-/m1/s1. The molecule has 1 aliphatic heterocycles. The van der Waals surface area contributed by atoms with Crippen LogP contribution in [-0.4, -0.2) is 62.0 Å². The molecule has 198 valence electrons. The van der Waals surface area contributed by atoms with Crippen LogP contribution >= 0.6 is 11.3 Å². The molecule has 1 aliphatic rings. The van der Waals surface area contributed by atoms with Gasteiger partial charge in [-0.2, -0.15) is 16.3 Å². The van der Waals surface area contributed by atoms with Gasteiger partial charge in [0, 0.05) is 19.2 Å². The number of ether oxygens (including phenoxy) is 4. The summed E-state index contributed by atoms with van der Waals surface area (Å²) in [5.74, 6) is -2.32. The van der Waals surface area contributed by atoms with E-state index < -0.39 is 61.5 Å². The topological polar surface area (TPSA) is 167 Å². The predicted molar refractivity (Wildman–Crippen MR) is 126 cm³/mol. The summed E-state index contributed by atoms with van der Waals surface area (Å²) in [4.78, 5) is 57.5. The molecule has 13 nitrogen and oxygen atoms in total. The van der Waals surface area contributed by atoms with E-state index in [-0.39, 0.29) is 17.1 Å². The van der Waals surface area contributed by atoms with Crippen LogP contribution in [0.15, 0.2) is 21.6 Å². The molecule has 0 radical (unpaired) electrons. The monoisotopic (exact) mass is 537 g/mol. The summed E-state index contributed by atoms with van der Waals surface area (Å²) in [6.45, 7) is 3.00. The molecule has 0 bridgehead atoms. The van der Waals surface area contributed by atoms with Gasteiger partial charge in [0.05, 0.1) is 11.3 Å². The number of rotatable bonds is 8. The molecule has 0 spiro atoms. The number of carbonyl (C=O) groups excluding carboxylic acids is 3. The molecule has 3 aromatic rings. The molecule has 0 saturated carbocycles. The lowest BCUT2D eigenvalue weighted by atomic mass is 10.1. The Kier molecular flexibility index (Phi) is 7.54. The van der Waals surface area contributed by atoms with E-state index in [1.54, 1.807) is 23.8 Å². The first-order valence-corrected chi connectivity index (χ1v) is 12.1. The number of fused-ring (bicyclic) bond motifs is 1. The Bertz CT molecular complexity index is 1390. The van der Waals surface area contributed by atoms with Crippen molar-refractivity contribution in [2.45, 2.75) is 58.5 Å². The van der Waals surface area contributed by atoms with Crippen molar-refractivity contribution in [2.75, 3.05) is 12.3 Å². The first-order chi connectivity index (χ1) is 17.6. The summed E-state index contributed by atoms with van der Waals surface area (Å²) >= 11 is 1.30. The maximum Gasteiger partial charge on any atom is 0.340 e. The number of carbonyl (C=O) groups is 3. The SMILES string of the molecule is CCc1nc(N)nc2c1n(COC(=O)c1ccsc1)c(=O)n2[C@@H]1O[C@H](COC(C)=O)[C@@H](F)[C@H]1OC(C)=O. The normalized spacial score (nSPS) is 21.2. The molecule has 37 heavy (non-hydrogen) atoms. The number of esters is 3. The van der Waals surface area contributed by atoms with Crippen LogP contribution in [0.25, 0.3) is 11.2 Å². The number of nitrogens with zero attached hydrogens (tertiary/aromatic N) is 4. The van der Waals surface area contributed by atoms with Gasteiger partial charge in [0.2, 0.25) is 5.95 Å². The van der Waals surface area contributed by atoms with Gasteiger partial charge in [0.25, 0.3) is 0 Å². The average Bonchev–Trinajstić information content (AvgIpc) is 3.54. The maximum absolute atomic E-state index is 15.3. The minimum atomic E-state index is -1.94. The quantitative estimate of drug-likeness (QED) is 0.325. The minimum Gasteiger partial charge on any atom is -0.463 e. The summed E-state index contributed by atoms with van der Waals surface area (Å²) < 4.78 is 38.5. The number of alkyl halides is 1. The van der Waals surface area contributed by atoms with Gasteiger partial charge in [-0.1, -0.05) is 6.92 Å². The Morgan fingerprint density at radius 1 is 1.22 bits per heavy atom. The Hall–Kier alpha value is -3.85. The lowest BCUT2D eigenvalue weighted by Crippen LogP contribution is -2.37. The fourth-order valence-corrected chi connectivity index (χ4v) is 4.63. The Balaban J connectivity index is 1.81. The number of anilines is 1. The van der Waals surface area contributed by atoms with Crippen molar-refractivity contribution in [1.29, 1.82) is 0 Å². The largest absolute Gasteiger partial charge is 0.463 e. The van der Waals surface area contributed by atoms with Crippen LogP contribution in [-0.2, 0) is 41.7 Å². The van der Waals surface area contributed by atoms with E-state index in [0.717, 1.165) is 23.0 Å². The van der Waals surface area contributed by atoms with Gasteiger partial charge in [0.1, 0.15) is 18.2 Å². The second-order valence-corrected chi connectivity index (χ2v) is 8.87. The van der Waals surface area contributed by atoms with E-state index in [9.17, 15) is 19.2 Å². The van der Waals surface area contributed by atoms with Crippen molar-refractivity contribution >= 4 is 46.4 Å². The van der Waals surface area contributed by atoms with Crippen LogP contribution in [0, 0.1) is 0 Å². The molecule has 3 aromatic heterocycles. The number of aryl methyl sites for hydroxylation is 1. The molecule has 1 fully saturated rings. The Labute approximate surface area is 212 Å². The van der Waals surface area contributed by atoms with Gasteiger partial charge in [-0.05, 0) is 17.9 Å². The molecule has 4 heterocycles. The molecule has 4 rings (SSSR count). The molecule has 4 atom stereocenters. The summed E-state index contributed by atoms with van der Waals surface area (Å²) in [5.41, 5.74) is 5.89. The minimum absolute atomic E-state index is 0.0385. The highest BCUT2D eigenvalue weighted by Crippen LogP contribution is 2.35. The molecule has 0 unspecified atom stereocenters. The molecule has 1 saturated heterocycles. The molecular weight excluding hydrogens is 513 g/mol. The number of imidazole rings is 1. The molecule has 15 heteroatoms. The molecular formula is C22H24FN5O8S. The Morgan fingerprint density at radius 2 is 1.97 bits per heavy atom. The van der Waals surface area contributed by atoms with Crippen molar-refractivity contribution in [3.05, 3.63) is 38.6 Å². The smallest absolute Gasteiger partial charge is 0.340 e. The van der Waals surface area contributed by atoms with E-state index in [1.807, 2.05) is 0 Å². The lowest BCUT2D eigenvalue weighted by Gasteiger charge is -2.20. The highest BCUT2D eigenvalue weighted by molar-refractivity contribution is 7.08. The first-order valence-electron chi connectivity index (χ1n) is 11.2. The highest BCUT2D eigenvalue weighted by atomic mass is 32.1. The fraction of sp³-hybridized carbons (Fsp3) is 0.455. The number of nitrogen functional groups attached to an aromatic ring is 1. The zero-order valence-corrected chi connectivity index (χ0v) is 20.9. The predicted octanol–water partition coefficient (Wildman–Crippen LogP) is 1.34. The van der Waals surface area contributed by atoms with E-state index in [4.69, 9.17) is 24.7 Å². The van der Waals surface area contributed by atoms with Crippen molar-refractivity contribution in [3.8, 4) is 0 Å².